The van der Waals surface area contributed by atoms with Gasteiger partial charge in [0, 0.05) is 10.6 Å². The first-order valence-corrected chi connectivity index (χ1v) is 16.3. The summed E-state index contributed by atoms with van der Waals surface area (Å²) in [5.41, 5.74) is 2.73. The summed E-state index contributed by atoms with van der Waals surface area (Å²) in [5, 5.41) is 0.438. The molecule has 1 atom stereocenters. The van der Waals surface area contributed by atoms with E-state index < -0.39 is 12.0 Å². The second kappa shape index (κ2) is 13.9. The Labute approximate surface area is 280 Å². The van der Waals surface area contributed by atoms with Crippen LogP contribution in [-0.2, 0) is 16.1 Å². The van der Waals surface area contributed by atoms with Gasteiger partial charge in [-0.25, -0.2) is 9.79 Å². The van der Waals surface area contributed by atoms with E-state index in [0.29, 0.717) is 73.0 Å². The molecule has 1 aromatic heterocycles. The fourth-order valence-corrected chi connectivity index (χ4v) is 6.77. The standard InChI is InChI=1S/C35H33ClN2O8S/c1-5-7-24-31(34(40)43-6-2)32(23-17-22(36)10-13-25(23)41-3)38-33(39)30(47-35(38)37-24)16-20-8-11-26(28(14-20)42-4)44-18-21-9-12-27-29(15-21)46-19-45-27/h8-17,32H,5-7,18-19H2,1-4H3/b30-16+/t32-/m0/s1. The van der Waals surface area contributed by atoms with E-state index in [9.17, 15) is 9.59 Å². The van der Waals surface area contributed by atoms with E-state index in [0.717, 1.165) is 17.5 Å². The molecule has 3 aromatic carbocycles. The number of allylic oxidation sites excluding steroid dienone is 1. The normalized spacial score (nSPS) is 15.3. The summed E-state index contributed by atoms with van der Waals surface area (Å²) in [6.07, 6.45) is 3.02. The summed E-state index contributed by atoms with van der Waals surface area (Å²) in [4.78, 5) is 33.0. The van der Waals surface area contributed by atoms with Gasteiger partial charge in [-0.2, -0.15) is 0 Å². The Morgan fingerprint density at radius 2 is 1.81 bits per heavy atom. The van der Waals surface area contributed by atoms with Crippen LogP contribution < -0.4 is 38.6 Å². The van der Waals surface area contributed by atoms with Crippen molar-refractivity contribution >= 4 is 35.0 Å². The Morgan fingerprint density at radius 1 is 1.02 bits per heavy atom. The lowest BCUT2D eigenvalue weighted by Crippen LogP contribution is -2.40. The molecule has 2 aliphatic heterocycles. The number of rotatable bonds is 11. The SMILES string of the molecule is CCCC1=C(C(=O)OCC)[C@H](c2cc(Cl)ccc2OC)n2c(s/c(=C/c3ccc(OCc4ccc5c(c4)OCO5)c(OC)c3)c2=O)=N1. The number of benzene rings is 3. The lowest BCUT2D eigenvalue weighted by atomic mass is 9.93. The lowest BCUT2D eigenvalue weighted by Gasteiger charge is -2.27. The lowest BCUT2D eigenvalue weighted by molar-refractivity contribution is -0.139. The van der Waals surface area contributed by atoms with Gasteiger partial charge in [-0.1, -0.05) is 48.4 Å². The summed E-state index contributed by atoms with van der Waals surface area (Å²) < 4.78 is 35.7. The molecule has 0 fully saturated rings. The molecule has 0 saturated heterocycles. The van der Waals surface area contributed by atoms with Crippen molar-refractivity contribution in [3.05, 3.63) is 107 Å². The van der Waals surface area contributed by atoms with Crippen molar-refractivity contribution in [3.63, 3.8) is 0 Å². The van der Waals surface area contributed by atoms with Crippen molar-refractivity contribution in [1.82, 2.24) is 4.57 Å². The van der Waals surface area contributed by atoms with Crippen LogP contribution in [0.3, 0.4) is 0 Å². The fourth-order valence-electron chi connectivity index (χ4n) is 5.57. The van der Waals surface area contributed by atoms with Gasteiger partial charge >= 0.3 is 5.97 Å². The number of esters is 1. The van der Waals surface area contributed by atoms with Gasteiger partial charge in [0.15, 0.2) is 27.8 Å². The minimum atomic E-state index is -0.857. The monoisotopic (exact) mass is 676 g/mol. The van der Waals surface area contributed by atoms with Gasteiger partial charge in [-0.15, -0.1) is 0 Å². The largest absolute Gasteiger partial charge is 0.496 e. The fraction of sp³-hybridized carbons (Fsp3) is 0.286. The summed E-state index contributed by atoms with van der Waals surface area (Å²) in [7, 11) is 3.10. The van der Waals surface area contributed by atoms with Crippen molar-refractivity contribution in [1.29, 1.82) is 0 Å². The third kappa shape index (κ3) is 6.45. The van der Waals surface area contributed by atoms with Gasteiger partial charge in [0.05, 0.1) is 36.6 Å². The Hall–Kier alpha value is -4.74. The topological polar surface area (TPSA) is 107 Å². The van der Waals surface area contributed by atoms with Crippen LogP contribution in [0, 0.1) is 0 Å². The molecule has 4 aromatic rings. The number of hydrogen-bond acceptors (Lipinski definition) is 10. The number of ether oxygens (including phenoxy) is 6. The maximum absolute atomic E-state index is 14.2. The second-order valence-electron chi connectivity index (χ2n) is 10.7. The van der Waals surface area contributed by atoms with Crippen LogP contribution in [0.4, 0.5) is 0 Å². The summed E-state index contributed by atoms with van der Waals surface area (Å²) in [6.45, 7) is 4.41. The number of methoxy groups -OCH3 is 2. The molecule has 6 rings (SSSR count). The van der Waals surface area contributed by atoms with Crippen molar-refractivity contribution in [3.8, 4) is 28.7 Å². The van der Waals surface area contributed by atoms with E-state index in [4.69, 9.17) is 45.0 Å². The Morgan fingerprint density at radius 3 is 2.57 bits per heavy atom. The van der Waals surface area contributed by atoms with Crippen LogP contribution in [0.15, 0.2) is 75.7 Å². The van der Waals surface area contributed by atoms with Crippen LogP contribution in [0.2, 0.25) is 5.02 Å². The molecule has 0 aliphatic carbocycles. The predicted octanol–water partition coefficient (Wildman–Crippen LogP) is 5.56. The molecule has 2 aliphatic rings. The van der Waals surface area contributed by atoms with E-state index in [2.05, 4.69) is 0 Å². The van der Waals surface area contributed by atoms with Crippen LogP contribution >= 0.6 is 22.9 Å². The third-order valence-corrected chi connectivity index (χ3v) is 8.91. The molecule has 0 spiro atoms. The highest BCUT2D eigenvalue weighted by Gasteiger charge is 2.36. The number of carbonyl (C=O) groups excluding carboxylic acids is 1. The Balaban J connectivity index is 1.41. The summed E-state index contributed by atoms with van der Waals surface area (Å²) >= 11 is 7.68. The number of nitrogens with zero attached hydrogens (tertiary/aromatic N) is 2. The number of thiazole rings is 1. The number of aromatic nitrogens is 1. The zero-order chi connectivity index (χ0) is 33.1. The Bertz CT molecular complexity index is 2050. The molecular weight excluding hydrogens is 644 g/mol. The quantitative estimate of drug-likeness (QED) is 0.190. The average molecular weight is 677 g/mol. The van der Waals surface area contributed by atoms with Gasteiger partial charge in [0.2, 0.25) is 6.79 Å². The highest BCUT2D eigenvalue weighted by Crippen LogP contribution is 2.38. The minimum absolute atomic E-state index is 0.170. The molecule has 47 heavy (non-hydrogen) atoms. The van der Waals surface area contributed by atoms with E-state index in [1.807, 2.05) is 31.2 Å². The number of halogens is 1. The van der Waals surface area contributed by atoms with E-state index in [1.165, 1.54) is 23.0 Å². The van der Waals surface area contributed by atoms with Crippen LogP contribution in [0.1, 0.15) is 49.4 Å². The summed E-state index contributed by atoms with van der Waals surface area (Å²) in [6, 6.07) is 15.4. The van der Waals surface area contributed by atoms with Gasteiger partial charge < -0.3 is 28.4 Å². The van der Waals surface area contributed by atoms with Crippen LogP contribution in [-0.4, -0.2) is 38.2 Å². The maximum atomic E-state index is 14.2. The van der Waals surface area contributed by atoms with Crippen LogP contribution in [0.5, 0.6) is 28.7 Å². The van der Waals surface area contributed by atoms with Gasteiger partial charge in [0.25, 0.3) is 5.56 Å². The van der Waals surface area contributed by atoms with Gasteiger partial charge in [-0.3, -0.25) is 9.36 Å². The molecule has 12 heteroatoms. The second-order valence-corrected chi connectivity index (χ2v) is 12.1. The molecule has 3 heterocycles. The van der Waals surface area contributed by atoms with E-state index >= 15 is 0 Å². The van der Waals surface area contributed by atoms with Crippen LogP contribution in [0.25, 0.3) is 6.08 Å². The zero-order valence-electron chi connectivity index (χ0n) is 26.3. The number of hydrogen-bond donors (Lipinski definition) is 0. The van der Waals surface area contributed by atoms with Crippen molar-refractivity contribution < 1.29 is 33.2 Å². The predicted molar refractivity (Wildman–Crippen MR) is 178 cm³/mol. The maximum Gasteiger partial charge on any atom is 0.338 e. The summed E-state index contributed by atoms with van der Waals surface area (Å²) in [5.74, 6) is 2.38. The van der Waals surface area contributed by atoms with E-state index in [1.54, 1.807) is 50.4 Å². The Kier molecular flexibility index (Phi) is 9.55. The smallest absolute Gasteiger partial charge is 0.338 e. The van der Waals surface area contributed by atoms with E-state index in [-0.39, 0.29) is 19.0 Å². The highest BCUT2D eigenvalue weighted by atomic mass is 35.5. The molecule has 0 bridgehead atoms. The molecular formula is C35H33ClN2O8S. The average Bonchev–Trinajstić information content (AvgIpc) is 3.67. The van der Waals surface area contributed by atoms with Crippen molar-refractivity contribution in [2.75, 3.05) is 27.6 Å². The zero-order valence-corrected chi connectivity index (χ0v) is 27.9. The van der Waals surface area contributed by atoms with Gasteiger partial charge in [0.1, 0.15) is 18.4 Å². The molecule has 0 N–H and O–H groups in total. The number of carbonyl (C=O) groups is 1. The molecule has 0 amide bonds. The molecule has 0 radical (unpaired) electrons. The first kappa shape index (κ1) is 32.2. The molecule has 0 unspecified atom stereocenters. The number of fused-ring (bicyclic) bond motifs is 2. The first-order chi connectivity index (χ1) is 22.8. The molecule has 10 nitrogen and oxygen atoms in total. The van der Waals surface area contributed by atoms with Gasteiger partial charge in [-0.05, 0) is 73.0 Å². The van der Waals surface area contributed by atoms with Crippen molar-refractivity contribution in [2.24, 2.45) is 4.99 Å². The molecule has 244 valence electrons. The first-order valence-electron chi connectivity index (χ1n) is 15.1. The molecule has 0 saturated carbocycles. The third-order valence-electron chi connectivity index (χ3n) is 7.70. The van der Waals surface area contributed by atoms with Crippen molar-refractivity contribution in [2.45, 2.75) is 39.3 Å². The highest BCUT2D eigenvalue weighted by molar-refractivity contribution is 7.07. The minimum Gasteiger partial charge on any atom is -0.496 e.